The molecule has 4 heteroatoms. The molecule has 1 atom stereocenters. The van der Waals surface area contributed by atoms with E-state index in [1.54, 1.807) is 31.5 Å². The first-order valence-corrected chi connectivity index (χ1v) is 4.75. The lowest BCUT2D eigenvalue weighted by atomic mass is 10.1. The summed E-state index contributed by atoms with van der Waals surface area (Å²) < 4.78 is 5.15. The minimum atomic E-state index is -0.641. The van der Waals surface area contributed by atoms with Crippen molar-refractivity contribution in [1.82, 2.24) is 9.97 Å². The molecule has 78 valence electrons. The van der Waals surface area contributed by atoms with Gasteiger partial charge in [-0.05, 0) is 25.1 Å². The van der Waals surface area contributed by atoms with Crippen molar-refractivity contribution in [2.75, 3.05) is 0 Å². The SMILES string of the molecule is Cc1nccc(C(O)Cc2ccco2)n1. The van der Waals surface area contributed by atoms with Crippen molar-refractivity contribution in [2.24, 2.45) is 0 Å². The fourth-order valence-electron chi connectivity index (χ4n) is 1.38. The quantitative estimate of drug-likeness (QED) is 0.825. The summed E-state index contributed by atoms with van der Waals surface area (Å²) in [5, 5.41) is 9.87. The molecule has 2 aromatic rings. The fraction of sp³-hybridized carbons (Fsp3) is 0.273. The predicted molar refractivity (Wildman–Crippen MR) is 54.1 cm³/mol. The molecule has 0 saturated carbocycles. The van der Waals surface area contributed by atoms with Crippen LogP contribution in [0.5, 0.6) is 0 Å². The van der Waals surface area contributed by atoms with Gasteiger partial charge in [0.1, 0.15) is 17.7 Å². The number of aliphatic hydroxyl groups excluding tert-OH is 1. The maximum atomic E-state index is 9.87. The van der Waals surface area contributed by atoms with E-state index in [-0.39, 0.29) is 0 Å². The Kier molecular flexibility index (Phi) is 2.78. The normalized spacial score (nSPS) is 12.7. The summed E-state index contributed by atoms with van der Waals surface area (Å²) in [7, 11) is 0. The Bertz CT molecular complexity index is 426. The van der Waals surface area contributed by atoms with Crippen LogP contribution in [0.4, 0.5) is 0 Å². The van der Waals surface area contributed by atoms with Crippen molar-refractivity contribution >= 4 is 0 Å². The molecule has 2 heterocycles. The Morgan fingerprint density at radius 3 is 3.00 bits per heavy atom. The summed E-state index contributed by atoms with van der Waals surface area (Å²) in [5.41, 5.74) is 0.624. The monoisotopic (exact) mass is 204 g/mol. The zero-order chi connectivity index (χ0) is 10.7. The van der Waals surface area contributed by atoms with Crippen LogP contribution in [0.15, 0.2) is 35.1 Å². The van der Waals surface area contributed by atoms with Crippen LogP contribution in [0.2, 0.25) is 0 Å². The molecule has 2 rings (SSSR count). The first-order chi connectivity index (χ1) is 7.25. The van der Waals surface area contributed by atoms with E-state index < -0.39 is 6.10 Å². The highest BCUT2D eigenvalue weighted by molar-refractivity contribution is 5.09. The van der Waals surface area contributed by atoms with Crippen molar-refractivity contribution in [3.05, 3.63) is 47.9 Å². The molecule has 0 fully saturated rings. The van der Waals surface area contributed by atoms with Crippen molar-refractivity contribution < 1.29 is 9.52 Å². The largest absolute Gasteiger partial charge is 0.469 e. The van der Waals surface area contributed by atoms with Gasteiger partial charge in [0.15, 0.2) is 0 Å². The number of aryl methyl sites for hydroxylation is 1. The molecule has 2 aromatic heterocycles. The van der Waals surface area contributed by atoms with Crippen molar-refractivity contribution in [2.45, 2.75) is 19.4 Å². The first kappa shape index (κ1) is 9.86. The number of nitrogens with zero attached hydrogens (tertiary/aromatic N) is 2. The molecule has 0 aliphatic rings. The topological polar surface area (TPSA) is 59.2 Å². The van der Waals surface area contributed by atoms with Crippen molar-refractivity contribution in [3.63, 3.8) is 0 Å². The van der Waals surface area contributed by atoms with E-state index in [1.807, 2.05) is 6.07 Å². The minimum Gasteiger partial charge on any atom is -0.469 e. The molecular weight excluding hydrogens is 192 g/mol. The van der Waals surface area contributed by atoms with Gasteiger partial charge in [0.2, 0.25) is 0 Å². The summed E-state index contributed by atoms with van der Waals surface area (Å²) in [6.45, 7) is 1.79. The molecule has 0 aliphatic heterocycles. The van der Waals surface area contributed by atoms with Crippen LogP contribution in [0.25, 0.3) is 0 Å². The van der Waals surface area contributed by atoms with E-state index >= 15 is 0 Å². The Morgan fingerprint density at radius 1 is 1.47 bits per heavy atom. The van der Waals surface area contributed by atoms with Gasteiger partial charge in [-0.2, -0.15) is 0 Å². The highest BCUT2D eigenvalue weighted by Gasteiger charge is 2.11. The van der Waals surface area contributed by atoms with Gasteiger partial charge in [-0.1, -0.05) is 0 Å². The second-order valence-corrected chi connectivity index (χ2v) is 3.33. The van der Waals surface area contributed by atoms with Gasteiger partial charge < -0.3 is 9.52 Å². The van der Waals surface area contributed by atoms with Gasteiger partial charge in [-0.3, -0.25) is 0 Å². The molecule has 0 aliphatic carbocycles. The third-order valence-corrected chi connectivity index (χ3v) is 2.11. The number of rotatable bonds is 3. The Hall–Kier alpha value is -1.68. The average Bonchev–Trinajstić information content (AvgIpc) is 2.70. The molecule has 1 N–H and O–H groups in total. The van der Waals surface area contributed by atoms with E-state index in [4.69, 9.17) is 4.42 Å². The van der Waals surface area contributed by atoms with Gasteiger partial charge in [0, 0.05) is 12.6 Å². The Balaban J connectivity index is 2.11. The van der Waals surface area contributed by atoms with Gasteiger partial charge in [-0.25, -0.2) is 9.97 Å². The van der Waals surface area contributed by atoms with Gasteiger partial charge in [-0.15, -0.1) is 0 Å². The lowest BCUT2D eigenvalue weighted by Gasteiger charge is -2.08. The molecule has 4 nitrogen and oxygen atoms in total. The number of aromatic nitrogens is 2. The minimum absolute atomic E-state index is 0.434. The smallest absolute Gasteiger partial charge is 0.125 e. The summed E-state index contributed by atoms with van der Waals surface area (Å²) >= 11 is 0. The van der Waals surface area contributed by atoms with Gasteiger partial charge in [0.05, 0.1) is 12.0 Å². The number of hydrogen-bond acceptors (Lipinski definition) is 4. The van der Waals surface area contributed by atoms with Crippen LogP contribution in [0, 0.1) is 6.92 Å². The van der Waals surface area contributed by atoms with Gasteiger partial charge in [0.25, 0.3) is 0 Å². The summed E-state index contributed by atoms with van der Waals surface area (Å²) in [4.78, 5) is 8.12. The van der Waals surface area contributed by atoms with Crippen LogP contribution in [-0.4, -0.2) is 15.1 Å². The van der Waals surface area contributed by atoms with Crippen LogP contribution < -0.4 is 0 Å². The Labute approximate surface area is 87.6 Å². The first-order valence-electron chi connectivity index (χ1n) is 4.75. The maximum absolute atomic E-state index is 9.87. The molecule has 0 amide bonds. The molecule has 0 saturated heterocycles. The van der Waals surface area contributed by atoms with Crippen LogP contribution in [0.1, 0.15) is 23.4 Å². The highest BCUT2D eigenvalue weighted by Crippen LogP contribution is 2.16. The summed E-state index contributed by atoms with van der Waals surface area (Å²) in [6, 6.07) is 5.34. The van der Waals surface area contributed by atoms with E-state index in [9.17, 15) is 5.11 Å². The van der Waals surface area contributed by atoms with Gasteiger partial charge >= 0.3 is 0 Å². The Morgan fingerprint density at radius 2 is 2.33 bits per heavy atom. The molecular formula is C11H12N2O2. The molecule has 15 heavy (non-hydrogen) atoms. The molecule has 1 unspecified atom stereocenters. The molecule has 0 aromatic carbocycles. The number of aliphatic hydroxyl groups is 1. The lowest BCUT2D eigenvalue weighted by Crippen LogP contribution is -2.05. The number of hydrogen-bond donors (Lipinski definition) is 1. The van der Waals surface area contributed by atoms with Crippen LogP contribution >= 0.6 is 0 Å². The third-order valence-electron chi connectivity index (χ3n) is 2.11. The maximum Gasteiger partial charge on any atom is 0.125 e. The molecule has 0 bridgehead atoms. The molecule has 0 spiro atoms. The van der Waals surface area contributed by atoms with E-state index in [1.165, 1.54) is 0 Å². The van der Waals surface area contributed by atoms with Crippen LogP contribution in [-0.2, 0) is 6.42 Å². The standard InChI is InChI=1S/C11H12N2O2/c1-8-12-5-4-10(13-8)11(14)7-9-3-2-6-15-9/h2-6,11,14H,7H2,1H3. The lowest BCUT2D eigenvalue weighted by molar-refractivity contribution is 0.165. The van der Waals surface area contributed by atoms with Crippen molar-refractivity contribution in [3.8, 4) is 0 Å². The average molecular weight is 204 g/mol. The fourth-order valence-corrected chi connectivity index (χ4v) is 1.38. The molecule has 0 radical (unpaired) electrons. The summed E-state index contributed by atoms with van der Waals surface area (Å²) in [6.07, 6.45) is 3.03. The summed E-state index contributed by atoms with van der Waals surface area (Å²) in [5.74, 6) is 1.41. The van der Waals surface area contributed by atoms with E-state index in [0.717, 1.165) is 5.76 Å². The zero-order valence-electron chi connectivity index (χ0n) is 8.42. The second-order valence-electron chi connectivity index (χ2n) is 3.33. The highest BCUT2D eigenvalue weighted by atomic mass is 16.3. The second kappa shape index (κ2) is 4.23. The van der Waals surface area contributed by atoms with Crippen molar-refractivity contribution in [1.29, 1.82) is 0 Å². The third kappa shape index (κ3) is 2.41. The number of furan rings is 1. The zero-order valence-corrected chi connectivity index (χ0v) is 8.42. The predicted octanol–water partition coefficient (Wildman–Crippen LogP) is 1.65. The van der Waals surface area contributed by atoms with E-state index in [2.05, 4.69) is 9.97 Å². The van der Waals surface area contributed by atoms with Crippen LogP contribution in [0.3, 0.4) is 0 Å². The van der Waals surface area contributed by atoms with E-state index in [0.29, 0.717) is 17.9 Å².